The van der Waals surface area contributed by atoms with E-state index in [4.69, 9.17) is 4.74 Å². The molecule has 2 aromatic heterocycles. The van der Waals surface area contributed by atoms with Crippen LogP contribution < -0.4 is 0 Å². The van der Waals surface area contributed by atoms with Crippen molar-refractivity contribution in [1.29, 1.82) is 0 Å². The Kier molecular flexibility index (Phi) is 4.39. The van der Waals surface area contributed by atoms with Crippen molar-refractivity contribution >= 4 is 17.5 Å². The number of rotatable bonds is 5. The van der Waals surface area contributed by atoms with E-state index in [0.717, 1.165) is 5.56 Å². The molecule has 1 aliphatic heterocycles. The smallest absolute Gasteiger partial charge is 0.358 e. The third-order valence-electron chi connectivity index (χ3n) is 4.53. The van der Waals surface area contributed by atoms with Crippen LogP contribution in [0.25, 0.3) is 5.65 Å². The molecule has 0 aliphatic carbocycles. The predicted octanol–water partition coefficient (Wildman–Crippen LogP) is 2.54. The number of fused-ring (bicyclic) bond motifs is 1. The van der Waals surface area contributed by atoms with Crippen molar-refractivity contribution in [3.8, 4) is 0 Å². The van der Waals surface area contributed by atoms with Gasteiger partial charge < -0.3 is 14.0 Å². The minimum Gasteiger partial charge on any atom is -0.461 e. The maximum absolute atomic E-state index is 12.2. The number of esters is 1. The number of imidazole rings is 1. The van der Waals surface area contributed by atoms with Crippen molar-refractivity contribution in [1.82, 2.24) is 14.3 Å². The van der Waals surface area contributed by atoms with Crippen molar-refractivity contribution in [2.24, 2.45) is 5.92 Å². The summed E-state index contributed by atoms with van der Waals surface area (Å²) >= 11 is 0. The first-order chi connectivity index (χ1) is 12.7. The number of hydrogen-bond donors (Lipinski definition) is 0. The molecule has 132 valence electrons. The average Bonchev–Trinajstić information content (AvgIpc) is 3.24. The molecule has 26 heavy (non-hydrogen) atoms. The lowest BCUT2D eigenvalue weighted by molar-refractivity contribution is -0.128. The van der Waals surface area contributed by atoms with E-state index in [2.05, 4.69) is 4.98 Å². The quantitative estimate of drug-likeness (QED) is 0.664. The zero-order valence-corrected chi connectivity index (χ0v) is 14.2. The van der Waals surface area contributed by atoms with Crippen molar-refractivity contribution in [2.75, 3.05) is 13.2 Å². The van der Waals surface area contributed by atoms with E-state index in [9.17, 15) is 9.59 Å². The van der Waals surface area contributed by atoms with Gasteiger partial charge in [-0.3, -0.25) is 4.79 Å². The molecule has 1 amide bonds. The summed E-state index contributed by atoms with van der Waals surface area (Å²) in [6, 6.07) is 15.4. The minimum absolute atomic E-state index is 0.0205. The number of carbonyl (C=O) groups is 2. The molecule has 0 spiro atoms. The number of benzene rings is 1. The lowest BCUT2D eigenvalue weighted by atomic mass is 10.1. The molecule has 1 unspecified atom stereocenters. The summed E-state index contributed by atoms with van der Waals surface area (Å²) in [5.41, 5.74) is 2.08. The van der Waals surface area contributed by atoms with Gasteiger partial charge >= 0.3 is 5.97 Å². The second kappa shape index (κ2) is 7.00. The molecule has 3 aromatic rings. The molecule has 1 aromatic carbocycles. The lowest BCUT2D eigenvalue weighted by Crippen LogP contribution is -2.25. The van der Waals surface area contributed by atoms with Gasteiger partial charge in [0.05, 0.1) is 6.61 Å². The van der Waals surface area contributed by atoms with E-state index in [0.29, 0.717) is 25.2 Å². The maximum atomic E-state index is 12.2. The predicted molar refractivity (Wildman–Crippen MR) is 95.4 cm³/mol. The highest BCUT2D eigenvalue weighted by Gasteiger charge is 2.30. The molecule has 1 fully saturated rings. The molecule has 0 N–H and O–H groups in total. The van der Waals surface area contributed by atoms with Gasteiger partial charge in [0.1, 0.15) is 5.65 Å². The fourth-order valence-corrected chi connectivity index (χ4v) is 3.22. The van der Waals surface area contributed by atoms with E-state index >= 15 is 0 Å². The van der Waals surface area contributed by atoms with E-state index in [-0.39, 0.29) is 24.1 Å². The lowest BCUT2D eigenvalue weighted by Gasteiger charge is -2.16. The van der Waals surface area contributed by atoms with Crippen molar-refractivity contribution in [3.63, 3.8) is 0 Å². The van der Waals surface area contributed by atoms with Crippen LogP contribution in [0.1, 0.15) is 22.5 Å². The standard InChI is InChI=1S/C20H19N3O3/c24-19-10-16(12-23(19)11-15-6-2-1-3-7-15)14-26-20(25)17-13-22-9-5-4-8-18(22)21-17/h1-9,13,16H,10-12,14H2. The highest BCUT2D eigenvalue weighted by molar-refractivity contribution is 5.88. The van der Waals surface area contributed by atoms with Crippen LogP contribution in [0.15, 0.2) is 60.9 Å². The third-order valence-corrected chi connectivity index (χ3v) is 4.53. The van der Waals surface area contributed by atoms with Crippen LogP contribution >= 0.6 is 0 Å². The summed E-state index contributed by atoms with van der Waals surface area (Å²) in [4.78, 5) is 30.5. The number of hydrogen-bond acceptors (Lipinski definition) is 4. The van der Waals surface area contributed by atoms with E-state index in [1.807, 2.05) is 59.6 Å². The summed E-state index contributed by atoms with van der Waals surface area (Å²) in [6.45, 7) is 1.42. The summed E-state index contributed by atoms with van der Waals surface area (Å²) in [6.07, 6.45) is 3.89. The van der Waals surface area contributed by atoms with Gasteiger partial charge in [0.15, 0.2) is 5.69 Å². The van der Waals surface area contributed by atoms with Gasteiger partial charge in [-0.2, -0.15) is 0 Å². The zero-order valence-electron chi connectivity index (χ0n) is 14.2. The van der Waals surface area contributed by atoms with Gasteiger partial charge in [-0.1, -0.05) is 36.4 Å². The van der Waals surface area contributed by atoms with E-state index < -0.39 is 5.97 Å². The average molecular weight is 349 g/mol. The molecule has 1 atom stereocenters. The number of likely N-dealkylation sites (tertiary alicyclic amines) is 1. The molecule has 0 radical (unpaired) electrons. The highest BCUT2D eigenvalue weighted by Crippen LogP contribution is 2.21. The van der Waals surface area contributed by atoms with Crippen LogP contribution in [0.3, 0.4) is 0 Å². The first kappa shape index (κ1) is 16.3. The monoisotopic (exact) mass is 349 g/mol. The molecular formula is C20H19N3O3. The van der Waals surface area contributed by atoms with Crippen LogP contribution in [-0.2, 0) is 16.1 Å². The Morgan fingerprint density at radius 3 is 2.77 bits per heavy atom. The molecule has 0 saturated carbocycles. The molecule has 6 heteroatoms. The second-order valence-corrected chi connectivity index (χ2v) is 6.52. The fraction of sp³-hybridized carbons (Fsp3) is 0.250. The number of nitrogens with zero attached hydrogens (tertiary/aromatic N) is 3. The van der Waals surface area contributed by atoms with Gasteiger partial charge in [-0.15, -0.1) is 0 Å². The van der Waals surface area contributed by atoms with Gasteiger partial charge in [0.2, 0.25) is 5.91 Å². The van der Waals surface area contributed by atoms with Gasteiger partial charge in [0, 0.05) is 37.8 Å². The SMILES string of the molecule is O=C(OCC1CC(=O)N(Cc2ccccc2)C1)c1cn2ccccc2n1. The fourth-order valence-electron chi connectivity index (χ4n) is 3.22. The van der Waals surface area contributed by atoms with Gasteiger partial charge in [-0.25, -0.2) is 9.78 Å². The first-order valence-corrected chi connectivity index (χ1v) is 8.61. The molecule has 1 aliphatic rings. The molecule has 4 rings (SSSR count). The Balaban J connectivity index is 1.33. The van der Waals surface area contributed by atoms with Crippen molar-refractivity contribution in [3.05, 3.63) is 72.2 Å². The Morgan fingerprint density at radius 1 is 1.15 bits per heavy atom. The Labute approximate surface area is 151 Å². The van der Waals surface area contributed by atoms with E-state index in [1.54, 1.807) is 10.6 Å². The van der Waals surface area contributed by atoms with Gasteiger partial charge in [-0.05, 0) is 17.7 Å². The molecule has 6 nitrogen and oxygen atoms in total. The Morgan fingerprint density at radius 2 is 1.96 bits per heavy atom. The summed E-state index contributed by atoms with van der Waals surface area (Å²) < 4.78 is 7.17. The second-order valence-electron chi connectivity index (χ2n) is 6.52. The normalized spacial score (nSPS) is 17.0. The minimum atomic E-state index is -0.456. The summed E-state index contributed by atoms with van der Waals surface area (Å²) in [7, 11) is 0. The largest absolute Gasteiger partial charge is 0.461 e. The number of amides is 1. The first-order valence-electron chi connectivity index (χ1n) is 8.61. The Bertz CT molecular complexity index is 903. The van der Waals surface area contributed by atoms with Crippen LogP contribution in [-0.4, -0.2) is 39.3 Å². The number of carbonyl (C=O) groups excluding carboxylic acids is 2. The number of pyridine rings is 1. The van der Waals surface area contributed by atoms with Gasteiger partial charge in [0.25, 0.3) is 0 Å². The zero-order chi connectivity index (χ0) is 17.9. The summed E-state index contributed by atoms with van der Waals surface area (Å²) in [5, 5.41) is 0. The third kappa shape index (κ3) is 3.44. The highest BCUT2D eigenvalue weighted by atomic mass is 16.5. The molecule has 3 heterocycles. The number of ether oxygens (including phenoxy) is 1. The summed E-state index contributed by atoms with van der Waals surface area (Å²) in [5.74, 6) is -0.336. The van der Waals surface area contributed by atoms with E-state index in [1.165, 1.54) is 0 Å². The maximum Gasteiger partial charge on any atom is 0.358 e. The van der Waals surface area contributed by atoms with Crippen molar-refractivity contribution < 1.29 is 14.3 Å². The van der Waals surface area contributed by atoms with Crippen LogP contribution in [0.4, 0.5) is 0 Å². The topological polar surface area (TPSA) is 63.9 Å². The van der Waals surface area contributed by atoms with Crippen LogP contribution in [0, 0.1) is 5.92 Å². The van der Waals surface area contributed by atoms with Crippen molar-refractivity contribution in [2.45, 2.75) is 13.0 Å². The van der Waals surface area contributed by atoms with Crippen LogP contribution in [0.5, 0.6) is 0 Å². The number of aromatic nitrogens is 2. The molecule has 1 saturated heterocycles. The molecular weight excluding hydrogens is 330 g/mol. The van der Waals surface area contributed by atoms with Crippen LogP contribution in [0.2, 0.25) is 0 Å². The molecule has 0 bridgehead atoms. The Hall–Kier alpha value is -3.15.